The van der Waals surface area contributed by atoms with Gasteiger partial charge in [0.25, 0.3) is 0 Å². The molecule has 1 aliphatic carbocycles. The first kappa shape index (κ1) is 29.8. The molecule has 0 bridgehead atoms. The van der Waals surface area contributed by atoms with Gasteiger partial charge in [0.15, 0.2) is 0 Å². The van der Waals surface area contributed by atoms with Crippen molar-refractivity contribution >= 4 is 27.7 Å². The summed E-state index contributed by atoms with van der Waals surface area (Å²) in [6, 6.07) is -2.31. The summed E-state index contributed by atoms with van der Waals surface area (Å²) >= 11 is 0. The maximum absolute atomic E-state index is 14.0. The van der Waals surface area contributed by atoms with Crippen molar-refractivity contribution in [3.05, 3.63) is 0 Å². The van der Waals surface area contributed by atoms with Crippen LogP contribution in [0.4, 0.5) is 0 Å². The largest absolute Gasteiger partial charge is 0.353 e. The van der Waals surface area contributed by atoms with Crippen molar-refractivity contribution in [2.45, 2.75) is 103 Å². The molecule has 10 nitrogen and oxygen atoms in total. The topological polar surface area (TPSA) is 128 Å². The summed E-state index contributed by atoms with van der Waals surface area (Å²) in [5, 5.41) is 8.97. The van der Waals surface area contributed by atoms with Crippen molar-refractivity contribution in [3.63, 3.8) is 0 Å². The number of likely N-dealkylation sites (N-methyl/N-ethyl adjacent to an activating group) is 1. The Bertz CT molecular complexity index is 959. The van der Waals surface area contributed by atoms with E-state index in [0.717, 1.165) is 31.9 Å². The van der Waals surface area contributed by atoms with Crippen LogP contribution in [-0.4, -0.2) is 91.9 Å². The van der Waals surface area contributed by atoms with Crippen molar-refractivity contribution in [2.75, 3.05) is 26.4 Å². The smallest absolute Gasteiger partial charge is 0.246 e. The van der Waals surface area contributed by atoms with Crippen LogP contribution in [0.2, 0.25) is 0 Å². The maximum Gasteiger partial charge on any atom is 0.246 e. The highest BCUT2D eigenvalue weighted by Crippen LogP contribution is 2.39. The van der Waals surface area contributed by atoms with Crippen LogP contribution >= 0.6 is 0 Å². The van der Waals surface area contributed by atoms with Gasteiger partial charge in [0, 0.05) is 25.2 Å². The second kappa shape index (κ2) is 11.6. The molecule has 212 valence electrons. The highest BCUT2D eigenvalue weighted by atomic mass is 32.2. The average molecular weight is 542 g/mol. The molecule has 0 spiro atoms. The predicted molar refractivity (Wildman–Crippen MR) is 143 cm³/mol. The van der Waals surface area contributed by atoms with Crippen LogP contribution < -0.4 is 16.0 Å². The van der Waals surface area contributed by atoms with Gasteiger partial charge in [0.05, 0.1) is 24.3 Å². The van der Waals surface area contributed by atoms with Crippen LogP contribution in [-0.2, 0) is 24.4 Å². The molecule has 3 rings (SSSR count). The van der Waals surface area contributed by atoms with Gasteiger partial charge in [0.1, 0.15) is 6.04 Å². The molecule has 2 heterocycles. The van der Waals surface area contributed by atoms with E-state index in [0.29, 0.717) is 18.9 Å². The van der Waals surface area contributed by atoms with E-state index in [1.807, 2.05) is 27.7 Å². The molecule has 3 aliphatic rings. The zero-order valence-electron chi connectivity index (χ0n) is 23.5. The quantitative estimate of drug-likeness (QED) is 0.422. The molecule has 6 atom stereocenters. The van der Waals surface area contributed by atoms with Gasteiger partial charge in [-0.3, -0.25) is 14.4 Å². The van der Waals surface area contributed by atoms with Gasteiger partial charge in [-0.05, 0) is 51.5 Å². The number of likely N-dealkylation sites (tertiary alicyclic amines) is 1. The number of sulfonamides is 1. The number of rotatable bonds is 8. The van der Waals surface area contributed by atoms with E-state index in [4.69, 9.17) is 0 Å². The number of nitrogens with one attached hydrogen (secondary N) is 3. The molecule has 1 saturated carbocycles. The summed E-state index contributed by atoms with van der Waals surface area (Å²) in [6.45, 7) is 9.82. The summed E-state index contributed by atoms with van der Waals surface area (Å²) in [4.78, 5) is 41.9. The Morgan fingerprint density at radius 3 is 2.14 bits per heavy atom. The number of hydrogen-bond acceptors (Lipinski definition) is 6. The van der Waals surface area contributed by atoms with Gasteiger partial charge >= 0.3 is 0 Å². The zero-order chi connectivity index (χ0) is 27.7. The molecule has 37 heavy (non-hydrogen) atoms. The van der Waals surface area contributed by atoms with E-state index in [1.54, 1.807) is 18.9 Å². The van der Waals surface area contributed by atoms with E-state index in [-0.39, 0.29) is 30.3 Å². The van der Waals surface area contributed by atoms with Crippen molar-refractivity contribution in [1.29, 1.82) is 0 Å². The van der Waals surface area contributed by atoms with Gasteiger partial charge < -0.3 is 20.9 Å². The Kier molecular flexibility index (Phi) is 9.33. The molecule has 3 fully saturated rings. The van der Waals surface area contributed by atoms with E-state index in [9.17, 15) is 22.8 Å². The standard InChI is InChI=1S/C26H47N5O5S/c1-16(18-11-9-8-10-12-18)28-24(33)19-15-31(37(7,35)36)20-13-14-30(21(19)20)25(34)22(26(3,4)5)29-23(32)17(2)27-6/h16-22,27H,8-15H2,1-7H3,(H,28,33)(H,29,32). The predicted octanol–water partition coefficient (Wildman–Crippen LogP) is 1.07. The van der Waals surface area contributed by atoms with Crippen LogP contribution in [0.1, 0.15) is 73.1 Å². The summed E-state index contributed by atoms with van der Waals surface area (Å²) in [5.41, 5.74) is -0.583. The fourth-order valence-electron chi connectivity index (χ4n) is 6.21. The fourth-order valence-corrected chi connectivity index (χ4v) is 7.36. The molecule has 0 aromatic heterocycles. The first-order chi connectivity index (χ1) is 17.2. The molecule has 2 aliphatic heterocycles. The number of hydrogen-bond donors (Lipinski definition) is 3. The normalized spacial score (nSPS) is 27.9. The van der Waals surface area contributed by atoms with Crippen LogP contribution in [0.5, 0.6) is 0 Å². The number of nitrogens with zero attached hydrogens (tertiary/aromatic N) is 2. The van der Waals surface area contributed by atoms with E-state index >= 15 is 0 Å². The fraction of sp³-hybridized carbons (Fsp3) is 0.885. The van der Waals surface area contributed by atoms with Crippen LogP contribution in [0.25, 0.3) is 0 Å². The SMILES string of the molecule is CNC(C)C(=O)NC(C(=O)N1CCC2C1C(C(=O)NC(C)C1CCCCC1)CN2S(C)(=O)=O)C(C)(C)C. The Balaban J connectivity index is 1.86. The van der Waals surface area contributed by atoms with Gasteiger partial charge in [-0.15, -0.1) is 0 Å². The molecular formula is C26H47N5O5S. The Labute approximate surface area is 222 Å². The minimum atomic E-state index is -3.57. The lowest BCUT2D eigenvalue weighted by Gasteiger charge is -2.37. The van der Waals surface area contributed by atoms with E-state index in [1.165, 1.54) is 10.7 Å². The summed E-state index contributed by atoms with van der Waals surface area (Å²) in [5.74, 6) is -1.00. The Morgan fingerprint density at radius 2 is 1.59 bits per heavy atom. The number of amides is 3. The first-order valence-corrected chi connectivity index (χ1v) is 15.6. The van der Waals surface area contributed by atoms with Crippen LogP contribution in [0, 0.1) is 17.3 Å². The average Bonchev–Trinajstić information content (AvgIpc) is 3.41. The minimum Gasteiger partial charge on any atom is -0.353 e. The third-order valence-corrected chi connectivity index (χ3v) is 9.85. The summed E-state index contributed by atoms with van der Waals surface area (Å²) in [7, 11) is -1.89. The summed E-state index contributed by atoms with van der Waals surface area (Å²) < 4.78 is 26.7. The lowest BCUT2D eigenvalue weighted by Crippen LogP contribution is -2.59. The van der Waals surface area contributed by atoms with Crippen LogP contribution in [0.15, 0.2) is 0 Å². The lowest BCUT2D eigenvalue weighted by atomic mass is 9.84. The van der Waals surface area contributed by atoms with E-state index in [2.05, 4.69) is 16.0 Å². The van der Waals surface area contributed by atoms with Crippen molar-refractivity contribution in [1.82, 2.24) is 25.2 Å². The van der Waals surface area contributed by atoms with Crippen molar-refractivity contribution in [2.24, 2.45) is 17.3 Å². The maximum atomic E-state index is 14.0. The van der Waals surface area contributed by atoms with E-state index < -0.39 is 45.5 Å². The molecule has 0 radical (unpaired) electrons. The van der Waals surface area contributed by atoms with Crippen molar-refractivity contribution in [3.8, 4) is 0 Å². The molecule has 3 amide bonds. The highest BCUT2D eigenvalue weighted by molar-refractivity contribution is 7.88. The second-order valence-corrected chi connectivity index (χ2v) is 14.3. The lowest BCUT2D eigenvalue weighted by molar-refractivity contribution is -0.142. The summed E-state index contributed by atoms with van der Waals surface area (Å²) in [6.07, 6.45) is 7.33. The monoisotopic (exact) mass is 541 g/mol. The molecule has 2 saturated heterocycles. The molecule has 11 heteroatoms. The molecule has 0 aromatic rings. The number of carbonyl (C=O) groups excluding carboxylic acids is 3. The first-order valence-electron chi connectivity index (χ1n) is 13.7. The number of fused-ring (bicyclic) bond motifs is 1. The second-order valence-electron chi connectivity index (χ2n) is 12.3. The van der Waals surface area contributed by atoms with Gasteiger partial charge in [0.2, 0.25) is 27.7 Å². The third-order valence-electron chi connectivity index (χ3n) is 8.58. The van der Waals surface area contributed by atoms with Gasteiger partial charge in [-0.25, -0.2) is 8.42 Å². The molecular weight excluding hydrogens is 494 g/mol. The zero-order valence-corrected chi connectivity index (χ0v) is 24.4. The molecule has 6 unspecified atom stereocenters. The van der Waals surface area contributed by atoms with Gasteiger partial charge in [-0.2, -0.15) is 4.31 Å². The minimum absolute atomic E-state index is 0.00580. The Hall–Kier alpha value is -1.72. The van der Waals surface area contributed by atoms with Gasteiger partial charge in [-0.1, -0.05) is 40.0 Å². The van der Waals surface area contributed by atoms with Crippen molar-refractivity contribution < 1.29 is 22.8 Å². The van der Waals surface area contributed by atoms with Crippen LogP contribution in [0.3, 0.4) is 0 Å². The highest BCUT2D eigenvalue weighted by Gasteiger charge is 2.56. The third kappa shape index (κ3) is 6.65. The Morgan fingerprint density at radius 1 is 0.973 bits per heavy atom. The molecule has 3 N–H and O–H groups in total. The number of carbonyl (C=O) groups is 3. The molecule has 0 aromatic carbocycles.